The number of aromatic nitrogens is 3. The van der Waals surface area contributed by atoms with Crippen LogP contribution in [0.1, 0.15) is 36.8 Å². The molecule has 2 heterocycles. The number of aromatic carboxylic acids is 1. The zero-order valence-corrected chi connectivity index (χ0v) is 10.6. The lowest BCUT2D eigenvalue weighted by Crippen LogP contribution is -2.16. The zero-order chi connectivity index (χ0) is 13.3. The van der Waals surface area contributed by atoms with Crippen LogP contribution in [-0.2, 0) is 5.41 Å². The maximum absolute atomic E-state index is 11.2. The Balaban J connectivity index is 2.57. The predicted octanol–water partition coefficient (Wildman–Crippen LogP) is 2.26. The Kier molecular flexibility index (Phi) is 2.90. The van der Waals surface area contributed by atoms with Gasteiger partial charge in [0.25, 0.3) is 0 Å². The van der Waals surface area contributed by atoms with Crippen LogP contribution in [-0.4, -0.2) is 25.8 Å². The van der Waals surface area contributed by atoms with Crippen molar-refractivity contribution in [1.29, 1.82) is 0 Å². The van der Waals surface area contributed by atoms with Crippen molar-refractivity contribution in [1.82, 2.24) is 14.8 Å². The van der Waals surface area contributed by atoms with E-state index in [1.165, 1.54) is 6.20 Å². The van der Waals surface area contributed by atoms with Crippen molar-refractivity contribution in [3.63, 3.8) is 0 Å². The fraction of sp³-hybridized carbons (Fsp3) is 0.308. The first kappa shape index (κ1) is 12.3. The van der Waals surface area contributed by atoms with E-state index in [2.05, 4.69) is 10.1 Å². The van der Waals surface area contributed by atoms with Gasteiger partial charge in [-0.25, -0.2) is 9.48 Å². The Morgan fingerprint density at radius 2 is 1.89 bits per heavy atom. The van der Waals surface area contributed by atoms with E-state index >= 15 is 0 Å². The molecule has 0 radical (unpaired) electrons. The number of carboxylic acids is 1. The third kappa shape index (κ3) is 2.25. The summed E-state index contributed by atoms with van der Waals surface area (Å²) < 4.78 is 1.58. The molecule has 0 saturated heterocycles. The molecule has 0 spiro atoms. The van der Waals surface area contributed by atoms with Crippen molar-refractivity contribution in [3.8, 4) is 5.69 Å². The summed E-state index contributed by atoms with van der Waals surface area (Å²) in [6, 6.07) is 3.57. The van der Waals surface area contributed by atoms with Gasteiger partial charge in [-0.1, -0.05) is 20.8 Å². The summed E-state index contributed by atoms with van der Waals surface area (Å²) >= 11 is 0. The smallest absolute Gasteiger partial charge is 0.339 e. The molecule has 0 unspecified atom stereocenters. The standard InChI is InChI=1S/C13H15N3O2/c1-13(2,3)11-10(12(17)18)8-16(15-11)9-4-6-14-7-5-9/h4-8H,1-3H3,(H,17,18). The van der Waals surface area contributed by atoms with Gasteiger partial charge in [-0.3, -0.25) is 4.98 Å². The van der Waals surface area contributed by atoms with Gasteiger partial charge >= 0.3 is 5.97 Å². The van der Waals surface area contributed by atoms with Crippen LogP contribution in [0.15, 0.2) is 30.7 Å². The lowest BCUT2D eigenvalue weighted by molar-refractivity contribution is 0.0694. The number of pyridine rings is 1. The maximum atomic E-state index is 11.2. The molecule has 0 aromatic carbocycles. The van der Waals surface area contributed by atoms with E-state index in [0.717, 1.165) is 5.69 Å². The molecule has 0 saturated carbocycles. The summed E-state index contributed by atoms with van der Waals surface area (Å²) in [7, 11) is 0. The van der Waals surface area contributed by atoms with Gasteiger partial charge < -0.3 is 5.11 Å². The van der Waals surface area contributed by atoms with Crippen LogP contribution in [0.4, 0.5) is 0 Å². The first-order chi connectivity index (χ1) is 8.39. The van der Waals surface area contributed by atoms with Crippen LogP contribution >= 0.6 is 0 Å². The molecule has 1 N–H and O–H groups in total. The molecular weight excluding hydrogens is 230 g/mol. The van der Waals surface area contributed by atoms with Gasteiger partial charge in [0.05, 0.1) is 11.4 Å². The molecule has 0 amide bonds. The van der Waals surface area contributed by atoms with Crippen molar-refractivity contribution >= 4 is 5.97 Å². The van der Waals surface area contributed by atoms with Crippen LogP contribution in [0.5, 0.6) is 0 Å². The van der Waals surface area contributed by atoms with Gasteiger partial charge in [0.2, 0.25) is 0 Å². The Bertz CT molecular complexity index is 568. The van der Waals surface area contributed by atoms with Gasteiger partial charge in [-0.15, -0.1) is 0 Å². The molecule has 5 heteroatoms. The van der Waals surface area contributed by atoms with Crippen LogP contribution in [0, 0.1) is 0 Å². The SMILES string of the molecule is CC(C)(C)c1nn(-c2ccncc2)cc1C(=O)O. The molecular formula is C13H15N3O2. The van der Waals surface area contributed by atoms with E-state index in [9.17, 15) is 9.90 Å². The molecule has 2 aromatic heterocycles. The normalized spacial score (nSPS) is 11.5. The van der Waals surface area contributed by atoms with E-state index in [1.54, 1.807) is 29.2 Å². The van der Waals surface area contributed by atoms with Crippen molar-refractivity contribution in [2.24, 2.45) is 0 Å². The van der Waals surface area contributed by atoms with Gasteiger partial charge in [-0.2, -0.15) is 5.10 Å². The molecule has 0 aliphatic rings. The Hall–Kier alpha value is -2.17. The van der Waals surface area contributed by atoms with Crippen LogP contribution in [0.3, 0.4) is 0 Å². The molecule has 0 bridgehead atoms. The van der Waals surface area contributed by atoms with E-state index in [0.29, 0.717) is 5.69 Å². The lowest BCUT2D eigenvalue weighted by Gasteiger charge is -2.15. The number of hydrogen-bond donors (Lipinski definition) is 1. The Morgan fingerprint density at radius 1 is 1.28 bits per heavy atom. The highest BCUT2D eigenvalue weighted by molar-refractivity contribution is 5.89. The molecule has 2 rings (SSSR count). The minimum Gasteiger partial charge on any atom is -0.478 e. The first-order valence-corrected chi connectivity index (χ1v) is 5.63. The summed E-state index contributed by atoms with van der Waals surface area (Å²) in [6.45, 7) is 5.83. The maximum Gasteiger partial charge on any atom is 0.339 e. The van der Waals surface area contributed by atoms with Gasteiger partial charge in [-0.05, 0) is 12.1 Å². The van der Waals surface area contributed by atoms with E-state index < -0.39 is 5.97 Å². The number of rotatable bonds is 2. The fourth-order valence-corrected chi connectivity index (χ4v) is 1.71. The topological polar surface area (TPSA) is 68.0 Å². The number of nitrogens with zero attached hydrogens (tertiary/aromatic N) is 3. The molecule has 18 heavy (non-hydrogen) atoms. The van der Waals surface area contributed by atoms with Crippen molar-refractivity contribution in [2.75, 3.05) is 0 Å². The number of hydrogen-bond acceptors (Lipinski definition) is 3. The Morgan fingerprint density at radius 3 is 2.33 bits per heavy atom. The number of carboxylic acid groups (broad SMARTS) is 1. The van der Waals surface area contributed by atoms with Crippen LogP contribution < -0.4 is 0 Å². The first-order valence-electron chi connectivity index (χ1n) is 5.63. The molecule has 2 aromatic rings. The van der Waals surface area contributed by atoms with Crippen molar-refractivity contribution < 1.29 is 9.90 Å². The van der Waals surface area contributed by atoms with Crippen LogP contribution in [0.25, 0.3) is 5.69 Å². The highest BCUT2D eigenvalue weighted by Gasteiger charge is 2.26. The van der Waals surface area contributed by atoms with Crippen molar-refractivity contribution in [3.05, 3.63) is 42.0 Å². The Labute approximate surface area is 105 Å². The quantitative estimate of drug-likeness (QED) is 0.881. The average Bonchev–Trinajstić information content (AvgIpc) is 2.74. The second kappa shape index (κ2) is 4.25. The summed E-state index contributed by atoms with van der Waals surface area (Å²) in [5, 5.41) is 13.6. The van der Waals surface area contributed by atoms with Crippen LogP contribution in [0.2, 0.25) is 0 Å². The number of carbonyl (C=O) groups is 1. The second-order valence-electron chi connectivity index (χ2n) is 5.10. The molecule has 5 nitrogen and oxygen atoms in total. The minimum absolute atomic E-state index is 0.235. The second-order valence-corrected chi connectivity index (χ2v) is 5.10. The highest BCUT2D eigenvalue weighted by atomic mass is 16.4. The van der Waals surface area contributed by atoms with E-state index in [-0.39, 0.29) is 11.0 Å². The third-order valence-corrected chi connectivity index (χ3v) is 2.58. The fourth-order valence-electron chi connectivity index (χ4n) is 1.71. The van der Waals surface area contributed by atoms with Gasteiger partial charge in [0.1, 0.15) is 5.56 Å². The highest BCUT2D eigenvalue weighted by Crippen LogP contribution is 2.25. The van der Waals surface area contributed by atoms with E-state index in [4.69, 9.17) is 0 Å². The van der Waals surface area contributed by atoms with Gasteiger partial charge in [0.15, 0.2) is 0 Å². The molecule has 94 valence electrons. The lowest BCUT2D eigenvalue weighted by atomic mass is 9.90. The largest absolute Gasteiger partial charge is 0.478 e. The average molecular weight is 245 g/mol. The summed E-state index contributed by atoms with van der Waals surface area (Å²) in [5.74, 6) is -0.958. The summed E-state index contributed by atoms with van der Waals surface area (Å²) in [5.41, 5.74) is 1.29. The summed E-state index contributed by atoms with van der Waals surface area (Å²) in [6.07, 6.45) is 4.83. The van der Waals surface area contributed by atoms with Crippen molar-refractivity contribution in [2.45, 2.75) is 26.2 Å². The van der Waals surface area contributed by atoms with Gasteiger partial charge in [0, 0.05) is 24.0 Å². The molecule has 0 fully saturated rings. The molecule has 0 aliphatic heterocycles. The zero-order valence-electron chi connectivity index (χ0n) is 10.6. The molecule has 0 aliphatic carbocycles. The molecule has 0 atom stereocenters. The third-order valence-electron chi connectivity index (χ3n) is 2.58. The monoisotopic (exact) mass is 245 g/mol. The minimum atomic E-state index is -0.958. The predicted molar refractivity (Wildman–Crippen MR) is 67.0 cm³/mol. The summed E-state index contributed by atoms with van der Waals surface area (Å²) in [4.78, 5) is 15.2. The van der Waals surface area contributed by atoms with E-state index in [1.807, 2.05) is 20.8 Å².